The molecule has 0 fully saturated rings. The van der Waals surface area contributed by atoms with Crippen molar-refractivity contribution in [1.29, 1.82) is 0 Å². The van der Waals surface area contributed by atoms with Crippen molar-refractivity contribution in [1.82, 2.24) is 4.90 Å². The lowest BCUT2D eigenvalue weighted by Crippen LogP contribution is -2.36. The Morgan fingerprint density at radius 3 is 2.50 bits per heavy atom. The molecule has 0 radical (unpaired) electrons. The summed E-state index contributed by atoms with van der Waals surface area (Å²) in [6.07, 6.45) is 1.15. The van der Waals surface area contributed by atoms with Gasteiger partial charge in [-0.05, 0) is 24.6 Å². The van der Waals surface area contributed by atoms with E-state index in [9.17, 15) is 5.11 Å². The summed E-state index contributed by atoms with van der Waals surface area (Å²) in [6.45, 7) is 1.38. The van der Waals surface area contributed by atoms with Gasteiger partial charge < -0.3 is 9.94 Å². The topological polar surface area (TPSA) is 45.1 Å². The second-order valence-electron chi connectivity index (χ2n) is 6.40. The molecule has 4 nitrogen and oxygen atoms in total. The van der Waals surface area contributed by atoms with Crippen LogP contribution < -0.4 is 0 Å². The summed E-state index contributed by atoms with van der Waals surface area (Å²) in [7, 11) is 2.01. The van der Waals surface area contributed by atoms with E-state index in [0.717, 1.165) is 29.8 Å². The Balaban J connectivity index is 1.44. The molecule has 0 aromatic heterocycles. The molecule has 0 spiro atoms. The summed E-state index contributed by atoms with van der Waals surface area (Å²) in [4.78, 5) is 7.67. The van der Waals surface area contributed by atoms with E-state index in [1.54, 1.807) is 0 Å². The zero-order valence-corrected chi connectivity index (χ0v) is 14.0. The first-order chi connectivity index (χ1) is 11.7. The van der Waals surface area contributed by atoms with Gasteiger partial charge in [0.15, 0.2) is 0 Å². The Morgan fingerprint density at radius 2 is 1.79 bits per heavy atom. The molecule has 2 aromatic carbocycles. The molecule has 1 aliphatic heterocycles. The van der Waals surface area contributed by atoms with Gasteiger partial charge in [0.2, 0.25) is 0 Å². The smallest absolute Gasteiger partial charge is 0.145 e. The van der Waals surface area contributed by atoms with Crippen molar-refractivity contribution >= 4 is 5.71 Å². The lowest BCUT2D eigenvalue weighted by molar-refractivity contribution is 0.0443. The molecule has 24 heavy (non-hydrogen) atoms. The Morgan fingerprint density at radius 1 is 1.12 bits per heavy atom. The summed E-state index contributed by atoms with van der Waals surface area (Å²) >= 11 is 0. The predicted molar refractivity (Wildman–Crippen MR) is 96.1 cm³/mol. The van der Waals surface area contributed by atoms with Crippen LogP contribution in [0.4, 0.5) is 0 Å². The number of hydrogen-bond donors (Lipinski definition) is 1. The van der Waals surface area contributed by atoms with Crippen molar-refractivity contribution in [3.8, 4) is 0 Å². The zero-order valence-electron chi connectivity index (χ0n) is 14.0. The SMILES string of the molecule is CN(CC(O)Cc1ccccc1)CC1CC(c2ccccc2)=NO1. The Bertz CT molecular complexity index is 658. The van der Waals surface area contributed by atoms with Crippen LogP contribution in [0, 0.1) is 0 Å². The second-order valence-corrected chi connectivity index (χ2v) is 6.40. The van der Waals surface area contributed by atoms with Gasteiger partial charge in [0, 0.05) is 19.5 Å². The van der Waals surface area contributed by atoms with Crippen molar-refractivity contribution in [2.75, 3.05) is 20.1 Å². The number of hydrogen-bond acceptors (Lipinski definition) is 4. The highest BCUT2D eigenvalue weighted by atomic mass is 16.6. The van der Waals surface area contributed by atoms with Gasteiger partial charge in [-0.25, -0.2) is 0 Å². The zero-order chi connectivity index (χ0) is 16.8. The molecule has 1 N–H and O–H groups in total. The fraction of sp³-hybridized carbons (Fsp3) is 0.350. The lowest BCUT2D eigenvalue weighted by atomic mass is 10.0. The molecule has 3 rings (SSSR count). The minimum absolute atomic E-state index is 0.0501. The first kappa shape index (κ1) is 16.7. The van der Waals surface area contributed by atoms with Gasteiger partial charge in [0.05, 0.1) is 11.8 Å². The van der Waals surface area contributed by atoms with E-state index < -0.39 is 0 Å². The third-order valence-corrected chi connectivity index (χ3v) is 4.19. The van der Waals surface area contributed by atoms with Crippen LogP contribution in [0.15, 0.2) is 65.8 Å². The Hall–Kier alpha value is -2.17. The van der Waals surface area contributed by atoms with Crippen LogP contribution in [0.1, 0.15) is 17.5 Å². The van der Waals surface area contributed by atoms with Crippen molar-refractivity contribution in [3.05, 3.63) is 71.8 Å². The maximum atomic E-state index is 10.3. The number of oxime groups is 1. The van der Waals surface area contributed by atoms with Crippen LogP contribution in [0.5, 0.6) is 0 Å². The molecule has 2 atom stereocenters. The Kier molecular flexibility index (Phi) is 5.62. The highest BCUT2D eigenvalue weighted by Gasteiger charge is 2.24. The molecule has 2 aromatic rings. The van der Waals surface area contributed by atoms with E-state index in [0.29, 0.717) is 13.0 Å². The molecule has 0 saturated heterocycles. The van der Waals surface area contributed by atoms with Crippen LogP contribution in [0.25, 0.3) is 0 Å². The summed E-state index contributed by atoms with van der Waals surface area (Å²) < 4.78 is 0. The normalized spacial score (nSPS) is 18.3. The van der Waals surface area contributed by atoms with Crippen molar-refractivity contribution < 1.29 is 9.94 Å². The molecule has 0 aliphatic carbocycles. The quantitative estimate of drug-likeness (QED) is 0.852. The van der Waals surface area contributed by atoms with Gasteiger partial charge in [-0.1, -0.05) is 65.8 Å². The van der Waals surface area contributed by atoms with Gasteiger partial charge in [-0.15, -0.1) is 0 Å². The first-order valence-corrected chi connectivity index (χ1v) is 8.39. The predicted octanol–water partition coefficient (Wildman–Crippen LogP) is 2.72. The molecular formula is C20H24N2O2. The number of aliphatic hydroxyl groups excluding tert-OH is 1. The minimum Gasteiger partial charge on any atom is -0.391 e. The minimum atomic E-state index is -0.381. The number of aliphatic hydroxyl groups is 1. The van der Waals surface area contributed by atoms with Crippen LogP contribution in [-0.2, 0) is 11.3 Å². The fourth-order valence-electron chi connectivity index (χ4n) is 3.06. The third-order valence-electron chi connectivity index (χ3n) is 4.19. The molecule has 0 saturated carbocycles. The average Bonchev–Trinajstić information content (AvgIpc) is 3.04. The molecule has 1 aliphatic rings. The molecule has 126 valence electrons. The maximum Gasteiger partial charge on any atom is 0.145 e. The monoisotopic (exact) mass is 324 g/mol. The van der Waals surface area contributed by atoms with E-state index in [2.05, 4.69) is 22.2 Å². The highest BCUT2D eigenvalue weighted by Crippen LogP contribution is 2.17. The molecule has 4 heteroatoms. The van der Waals surface area contributed by atoms with Crippen LogP contribution in [0.2, 0.25) is 0 Å². The fourth-order valence-corrected chi connectivity index (χ4v) is 3.06. The van der Waals surface area contributed by atoms with Crippen LogP contribution in [0.3, 0.4) is 0 Å². The van der Waals surface area contributed by atoms with Gasteiger partial charge >= 0.3 is 0 Å². The van der Waals surface area contributed by atoms with E-state index in [4.69, 9.17) is 4.84 Å². The molecular weight excluding hydrogens is 300 g/mol. The van der Waals surface area contributed by atoms with Crippen LogP contribution in [-0.4, -0.2) is 48.1 Å². The van der Waals surface area contributed by atoms with E-state index in [-0.39, 0.29) is 12.2 Å². The first-order valence-electron chi connectivity index (χ1n) is 8.39. The summed E-state index contributed by atoms with van der Waals surface area (Å²) in [5.74, 6) is 0. The molecule has 1 heterocycles. The van der Waals surface area contributed by atoms with Gasteiger partial charge in [-0.2, -0.15) is 0 Å². The van der Waals surface area contributed by atoms with E-state index >= 15 is 0 Å². The second kappa shape index (κ2) is 8.08. The highest BCUT2D eigenvalue weighted by molar-refractivity contribution is 6.01. The summed E-state index contributed by atoms with van der Waals surface area (Å²) in [5, 5.41) is 14.5. The van der Waals surface area contributed by atoms with Gasteiger partial charge in [0.1, 0.15) is 6.10 Å². The third kappa shape index (κ3) is 4.66. The van der Waals surface area contributed by atoms with Gasteiger partial charge in [-0.3, -0.25) is 4.90 Å². The largest absolute Gasteiger partial charge is 0.391 e. The summed E-state index contributed by atoms with van der Waals surface area (Å²) in [6, 6.07) is 20.2. The molecule has 0 amide bonds. The van der Waals surface area contributed by atoms with Crippen molar-refractivity contribution in [2.24, 2.45) is 5.16 Å². The summed E-state index contributed by atoms with van der Waals surface area (Å²) in [5.41, 5.74) is 3.27. The maximum absolute atomic E-state index is 10.3. The van der Waals surface area contributed by atoms with Gasteiger partial charge in [0.25, 0.3) is 0 Å². The molecule has 2 unspecified atom stereocenters. The van der Waals surface area contributed by atoms with E-state index in [1.807, 2.05) is 55.6 Å². The number of nitrogens with zero attached hydrogens (tertiary/aromatic N) is 2. The standard InChI is InChI=1S/C20H24N2O2/c1-22(14-18(23)12-16-8-4-2-5-9-16)15-19-13-20(21-24-19)17-10-6-3-7-11-17/h2-11,18-19,23H,12-15H2,1H3. The number of rotatable bonds is 7. The lowest BCUT2D eigenvalue weighted by Gasteiger charge is -2.22. The molecule has 0 bridgehead atoms. The van der Waals surface area contributed by atoms with Crippen molar-refractivity contribution in [3.63, 3.8) is 0 Å². The number of likely N-dealkylation sites (N-methyl/N-ethyl adjacent to an activating group) is 1. The Labute approximate surface area is 143 Å². The van der Waals surface area contributed by atoms with E-state index in [1.165, 1.54) is 0 Å². The number of benzene rings is 2. The van der Waals surface area contributed by atoms with Crippen LogP contribution >= 0.6 is 0 Å². The van der Waals surface area contributed by atoms with Crippen molar-refractivity contribution in [2.45, 2.75) is 25.0 Å². The average molecular weight is 324 g/mol.